The Morgan fingerprint density at radius 2 is 2.03 bits per heavy atom. The largest absolute Gasteiger partial charge is 0.387 e. The summed E-state index contributed by atoms with van der Waals surface area (Å²) in [6.45, 7) is 10.2. The minimum atomic E-state index is -0.926. The van der Waals surface area contributed by atoms with Gasteiger partial charge in [0.25, 0.3) is 0 Å². The fourth-order valence-electron chi connectivity index (χ4n) is 6.33. The molecular weight excluding hydrogens is 376 g/mol. The third-order valence-corrected chi connectivity index (χ3v) is 8.13. The first-order valence-corrected chi connectivity index (χ1v) is 11.3. The monoisotopic (exact) mass is 414 g/mol. The standard InChI is InChI=1S/C26H38O4/c1-16(7-10-23(30-6)25(3,4)29)19-11-12-26(5)14-20-17(2)13-22(28)24(20)18(15-27)8-9-21(19)26/h7-8,10,13,15-16,19-21,23-24,29H,9,11-12,14H2,1-6H3. The van der Waals surface area contributed by atoms with Crippen molar-refractivity contribution in [1.82, 2.24) is 0 Å². The molecule has 7 atom stereocenters. The zero-order valence-corrected chi connectivity index (χ0v) is 19.4. The molecule has 0 aliphatic heterocycles. The number of rotatable bonds is 6. The summed E-state index contributed by atoms with van der Waals surface area (Å²) in [5.41, 5.74) is 1.04. The van der Waals surface area contributed by atoms with E-state index in [-0.39, 0.29) is 29.1 Å². The third-order valence-electron chi connectivity index (χ3n) is 8.13. The summed E-state index contributed by atoms with van der Waals surface area (Å²) in [4.78, 5) is 24.4. The van der Waals surface area contributed by atoms with Crippen molar-refractivity contribution in [2.24, 2.45) is 35.0 Å². The summed E-state index contributed by atoms with van der Waals surface area (Å²) in [6, 6.07) is 0. The highest BCUT2D eigenvalue weighted by Gasteiger charge is 2.50. The average Bonchev–Trinajstić information content (AvgIpc) is 3.10. The second-order valence-corrected chi connectivity index (χ2v) is 10.7. The molecule has 0 saturated heterocycles. The lowest BCUT2D eigenvalue weighted by atomic mass is 9.63. The zero-order valence-electron chi connectivity index (χ0n) is 19.4. The van der Waals surface area contributed by atoms with E-state index in [4.69, 9.17) is 4.74 Å². The molecule has 1 saturated carbocycles. The normalized spacial score (nSPS) is 36.4. The number of carbonyl (C=O) groups is 2. The number of ketones is 1. The Balaban J connectivity index is 1.86. The third kappa shape index (κ3) is 4.27. The first-order chi connectivity index (χ1) is 14.0. The van der Waals surface area contributed by atoms with Gasteiger partial charge in [-0.2, -0.15) is 0 Å². The van der Waals surface area contributed by atoms with Crippen molar-refractivity contribution in [3.63, 3.8) is 0 Å². The van der Waals surface area contributed by atoms with Crippen LogP contribution in [0.5, 0.6) is 0 Å². The van der Waals surface area contributed by atoms with Crippen LogP contribution in [0, 0.1) is 35.0 Å². The number of aliphatic hydroxyl groups is 1. The Bertz CT molecular complexity index is 768. The summed E-state index contributed by atoms with van der Waals surface area (Å²) in [7, 11) is 1.62. The first kappa shape index (κ1) is 23.1. The van der Waals surface area contributed by atoms with Gasteiger partial charge in [-0.25, -0.2) is 0 Å². The molecule has 1 fully saturated rings. The fraction of sp³-hybridized carbons (Fsp3) is 0.692. The van der Waals surface area contributed by atoms with E-state index in [0.717, 1.165) is 37.5 Å². The Labute approximate surface area is 181 Å². The molecule has 0 aromatic carbocycles. The van der Waals surface area contributed by atoms with Gasteiger partial charge in [-0.05, 0) is 87.2 Å². The number of aldehydes is 1. The van der Waals surface area contributed by atoms with Gasteiger partial charge >= 0.3 is 0 Å². The van der Waals surface area contributed by atoms with Crippen LogP contribution in [0.25, 0.3) is 0 Å². The predicted molar refractivity (Wildman–Crippen MR) is 119 cm³/mol. The summed E-state index contributed by atoms with van der Waals surface area (Å²) < 4.78 is 5.47. The van der Waals surface area contributed by atoms with Crippen LogP contribution < -0.4 is 0 Å². The van der Waals surface area contributed by atoms with Gasteiger partial charge in [-0.3, -0.25) is 9.59 Å². The van der Waals surface area contributed by atoms with Crippen molar-refractivity contribution in [3.05, 3.63) is 35.5 Å². The van der Waals surface area contributed by atoms with Crippen LogP contribution in [0.2, 0.25) is 0 Å². The Morgan fingerprint density at radius 3 is 2.63 bits per heavy atom. The molecule has 30 heavy (non-hydrogen) atoms. The minimum Gasteiger partial charge on any atom is -0.387 e. The van der Waals surface area contributed by atoms with Crippen LogP contribution >= 0.6 is 0 Å². The van der Waals surface area contributed by atoms with E-state index in [1.165, 1.54) is 0 Å². The highest BCUT2D eigenvalue weighted by molar-refractivity contribution is 6.01. The predicted octanol–water partition coefficient (Wildman–Crippen LogP) is 4.68. The topological polar surface area (TPSA) is 63.6 Å². The maximum absolute atomic E-state index is 12.6. The second kappa shape index (κ2) is 8.55. The van der Waals surface area contributed by atoms with E-state index in [1.807, 2.05) is 13.0 Å². The lowest BCUT2D eigenvalue weighted by Gasteiger charge is -2.40. The van der Waals surface area contributed by atoms with E-state index in [9.17, 15) is 14.7 Å². The average molecular weight is 415 g/mol. The Morgan fingerprint density at radius 1 is 1.33 bits per heavy atom. The lowest BCUT2D eigenvalue weighted by Crippen LogP contribution is -2.36. The van der Waals surface area contributed by atoms with Crippen LogP contribution in [0.3, 0.4) is 0 Å². The molecule has 166 valence electrons. The van der Waals surface area contributed by atoms with Gasteiger partial charge in [-0.15, -0.1) is 0 Å². The van der Waals surface area contributed by atoms with E-state index in [2.05, 4.69) is 26.0 Å². The minimum absolute atomic E-state index is 0.0981. The van der Waals surface area contributed by atoms with Crippen LogP contribution in [-0.4, -0.2) is 36.0 Å². The van der Waals surface area contributed by atoms with Gasteiger partial charge in [0.2, 0.25) is 0 Å². The molecule has 4 nitrogen and oxygen atoms in total. The van der Waals surface area contributed by atoms with E-state index >= 15 is 0 Å². The molecule has 0 aromatic heterocycles. The van der Waals surface area contributed by atoms with Crippen molar-refractivity contribution in [2.75, 3.05) is 7.11 Å². The van der Waals surface area contributed by atoms with Crippen LogP contribution in [-0.2, 0) is 14.3 Å². The van der Waals surface area contributed by atoms with E-state index < -0.39 is 5.60 Å². The smallest absolute Gasteiger partial charge is 0.163 e. The summed E-state index contributed by atoms with van der Waals surface area (Å²) in [5, 5.41) is 10.3. The molecule has 0 radical (unpaired) electrons. The molecule has 0 spiro atoms. The van der Waals surface area contributed by atoms with Gasteiger partial charge in [0.05, 0.1) is 11.5 Å². The Kier molecular flexibility index (Phi) is 6.60. The number of methoxy groups -OCH3 is 1. The number of ether oxygens (including phenoxy) is 1. The molecule has 0 amide bonds. The molecular formula is C26H38O4. The molecule has 4 heteroatoms. The van der Waals surface area contributed by atoms with Crippen molar-refractivity contribution in [1.29, 1.82) is 0 Å². The Hall–Kier alpha value is -1.52. The number of fused-ring (bicyclic) bond motifs is 2. The van der Waals surface area contributed by atoms with Gasteiger partial charge in [0, 0.05) is 7.11 Å². The molecule has 0 bridgehead atoms. The molecule has 1 N–H and O–H groups in total. The highest BCUT2D eigenvalue weighted by Crippen LogP contribution is 2.58. The summed E-state index contributed by atoms with van der Waals surface area (Å²) >= 11 is 0. The zero-order chi connectivity index (χ0) is 22.3. The molecule has 3 rings (SSSR count). The molecule has 3 aliphatic rings. The number of carbonyl (C=O) groups excluding carboxylic acids is 2. The molecule has 7 unspecified atom stereocenters. The van der Waals surface area contributed by atoms with Gasteiger partial charge < -0.3 is 9.84 Å². The second-order valence-electron chi connectivity index (χ2n) is 10.7. The SMILES string of the molecule is COC(C=CC(C)C1CCC2(C)CC3C(C)=CC(=O)C3C(C=O)=CCC12)C(C)(C)O. The lowest BCUT2D eigenvalue weighted by molar-refractivity contribution is -0.119. The van der Waals surface area contributed by atoms with Crippen LogP contribution in [0.15, 0.2) is 35.5 Å². The number of hydrogen-bond donors (Lipinski definition) is 1. The first-order valence-electron chi connectivity index (χ1n) is 11.3. The molecule has 0 heterocycles. The van der Waals surface area contributed by atoms with Crippen molar-refractivity contribution in [3.8, 4) is 0 Å². The van der Waals surface area contributed by atoms with Gasteiger partial charge in [-0.1, -0.05) is 37.6 Å². The maximum atomic E-state index is 12.6. The van der Waals surface area contributed by atoms with Crippen molar-refractivity contribution in [2.45, 2.75) is 72.0 Å². The van der Waals surface area contributed by atoms with Crippen molar-refractivity contribution < 1.29 is 19.4 Å². The molecule has 3 aliphatic carbocycles. The summed E-state index contributed by atoms with van der Waals surface area (Å²) in [6.07, 6.45) is 12.7. The van der Waals surface area contributed by atoms with E-state index in [0.29, 0.717) is 23.3 Å². The van der Waals surface area contributed by atoms with Crippen LogP contribution in [0.1, 0.15) is 60.3 Å². The van der Waals surface area contributed by atoms with E-state index in [1.54, 1.807) is 27.0 Å². The number of allylic oxidation sites excluding steroid dienone is 5. The quantitative estimate of drug-likeness (QED) is 0.506. The van der Waals surface area contributed by atoms with Gasteiger partial charge in [0.15, 0.2) is 5.78 Å². The highest BCUT2D eigenvalue weighted by atomic mass is 16.5. The van der Waals surface area contributed by atoms with Gasteiger partial charge in [0.1, 0.15) is 12.4 Å². The number of hydrogen-bond acceptors (Lipinski definition) is 4. The molecule has 0 aromatic rings. The van der Waals surface area contributed by atoms with Crippen LogP contribution in [0.4, 0.5) is 0 Å². The fourth-order valence-corrected chi connectivity index (χ4v) is 6.33. The maximum Gasteiger partial charge on any atom is 0.163 e. The van der Waals surface area contributed by atoms with Crippen molar-refractivity contribution >= 4 is 12.1 Å². The summed E-state index contributed by atoms with van der Waals surface area (Å²) in [5.74, 6) is 1.31.